The molecule has 10 nitrogen and oxygen atoms in total. The number of tetrazole rings is 1. The van der Waals surface area contributed by atoms with Gasteiger partial charge in [-0.15, -0.1) is 15.3 Å². The molecule has 0 saturated heterocycles. The average molecular weight is 430 g/mol. The molecule has 0 fully saturated rings. The third kappa shape index (κ3) is 4.71. The first kappa shape index (κ1) is 20.1. The molecule has 13 heteroatoms. The van der Waals surface area contributed by atoms with Crippen molar-refractivity contribution in [3.8, 4) is 22.6 Å². The largest absolute Gasteiger partial charge is 0.480 e. The Morgan fingerprint density at radius 2 is 1.87 bits per heavy atom. The summed E-state index contributed by atoms with van der Waals surface area (Å²) in [5.41, 5.74) is 1.20. The van der Waals surface area contributed by atoms with Crippen molar-refractivity contribution < 1.29 is 23.1 Å². The lowest BCUT2D eigenvalue weighted by atomic mass is 10.1. The van der Waals surface area contributed by atoms with E-state index in [0.29, 0.717) is 22.4 Å². The number of aliphatic carboxylic acids is 1. The van der Waals surface area contributed by atoms with E-state index in [2.05, 4.69) is 30.7 Å². The number of alkyl halides is 3. The molecule has 0 amide bonds. The normalized spacial score (nSPS) is 11.6. The number of aromatic nitrogens is 8. The van der Waals surface area contributed by atoms with E-state index in [0.717, 1.165) is 16.9 Å². The fourth-order valence-corrected chi connectivity index (χ4v) is 2.79. The van der Waals surface area contributed by atoms with Crippen molar-refractivity contribution in [3.63, 3.8) is 0 Å². The first-order valence-corrected chi connectivity index (χ1v) is 8.79. The Balaban J connectivity index is 1.54. The van der Waals surface area contributed by atoms with Gasteiger partial charge in [0.25, 0.3) is 0 Å². The minimum absolute atomic E-state index is 0.106. The van der Waals surface area contributed by atoms with Gasteiger partial charge in [-0.1, -0.05) is 17.3 Å². The van der Waals surface area contributed by atoms with E-state index < -0.39 is 24.3 Å². The van der Waals surface area contributed by atoms with Crippen molar-refractivity contribution in [2.75, 3.05) is 0 Å². The third-order valence-corrected chi connectivity index (χ3v) is 4.16. The lowest BCUT2D eigenvalue weighted by molar-refractivity contribution is -0.138. The molecular formula is C18H13F3N8O2. The van der Waals surface area contributed by atoms with Crippen molar-refractivity contribution in [1.29, 1.82) is 0 Å². The van der Waals surface area contributed by atoms with E-state index in [4.69, 9.17) is 5.11 Å². The molecule has 0 aliphatic carbocycles. The predicted molar refractivity (Wildman–Crippen MR) is 98.2 cm³/mol. The SMILES string of the molecule is O=C(O)Cn1nnc(-c2cncc(-c3cn(Cc4cccc(C(F)(F)F)c4)nn3)c2)n1. The summed E-state index contributed by atoms with van der Waals surface area (Å²) in [6.45, 7) is -0.320. The molecule has 0 spiro atoms. The molecule has 0 radical (unpaired) electrons. The van der Waals surface area contributed by atoms with Crippen molar-refractivity contribution in [2.24, 2.45) is 0 Å². The minimum Gasteiger partial charge on any atom is -0.480 e. The van der Waals surface area contributed by atoms with Crippen LogP contribution in [0.3, 0.4) is 0 Å². The zero-order chi connectivity index (χ0) is 22.0. The Kier molecular flexibility index (Phi) is 5.15. The van der Waals surface area contributed by atoms with E-state index >= 15 is 0 Å². The zero-order valence-corrected chi connectivity index (χ0v) is 15.6. The standard InChI is InChI=1S/C18H13F3N8O2/c19-18(20,21)14-3-1-2-11(4-14)8-28-9-15(23-26-28)12-5-13(7-22-6-12)17-24-27-29(25-17)10-16(30)31/h1-7,9H,8,10H2,(H,30,31). The Labute approximate surface area is 172 Å². The summed E-state index contributed by atoms with van der Waals surface area (Å²) in [6.07, 6.45) is 0.175. The smallest absolute Gasteiger partial charge is 0.416 e. The highest BCUT2D eigenvalue weighted by atomic mass is 19.4. The first-order chi connectivity index (χ1) is 14.8. The molecule has 158 valence electrons. The lowest BCUT2D eigenvalue weighted by Gasteiger charge is -2.08. The number of halogens is 3. The van der Waals surface area contributed by atoms with Crippen molar-refractivity contribution >= 4 is 5.97 Å². The van der Waals surface area contributed by atoms with Crippen molar-refractivity contribution in [1.82, 2.24) is 40.2 Å². The maximum absolute atomic E-state index is 12.9. The number of carboxylic acids is 1. The number of hydrogen-bond donors (Lipinski definition) is 1. The molecule has 3 aromatic heterocycles. The van der Waals surface area contributed by atoms with Gasteiger partial charge in [0, 0.05) is 23.5 Å². The maximum Gasteiger partial charge on any atom is 0.416 e. The Morgan fingerprint density at radius 3 is 2.65 bits per heavy atom. The number of benzene rings is 1. The number of nitrogens with zero attached hydrogens (tertiary/aromatic N) is 8. The van der Waals surface area contributed by atoms with E-state index in [9.17, 15) is 18.0 Å². The minimum atomic E-state index is -4.42. The first-order valence-electron chi connectivity index (χ1n) is 8.79. The zero-order valence-electron chi connectivity index (χ0n) is 15.6. The summed E-state index contributed by atoms with van der Waals surface area (Å²) >= 11 is 0. The fraction of sp³-hybridized carbons (Fsp3) is 0.167. The van der Waals surface area contributed by atoms with Gasteiger partial charge in [-0.05, 0) is 29.0 Å². The van der Waals surface area contributed by atoms with Crippen LogP contribution < -0.4 is 0 Å². The molecule has 31 heavy (non-hydrogen) atoms. The summed E-state index contributed by atoms with van der Waals surface area (Å²) < 4.78 is 40.1. The summed E-state index contributed by atoms with van der Waals surface area (Å²) in [5.74, 6) is -0.917. The van der Waals surface area contributed by atoms with E-state index in [1.807, 2.05) is 0 Å². The number of hydrogen-bond acceptors (Lipinski definition) is 7. The Hall–Kier alpha value is -4.16. The number of carbonyl (C=O) groups is 1. The van der Waals surface area contributed by atoms with Crippen LogP contribution in [0.4, 0.5) is 13.2 Å². The second-order valence-corrected chi connectivity index (χ2v) is 6.50. The van der Waals surface area contributed by atoms with Gasteiger partial charge in [-0.2, -0.15) is 18.0 Å². The van der Waals surface area contributed by atoms with Crippen molar-refractivity contribution in [2.45, 2.75) is 19.3 Å². The molecule has 4 rings (SSSR count). The van der Waals surface area contributed by atoms with E-state index in [-0.39, 0.29) is 12.4 Å². The van der Waals surface area contributed by atoms with Crippen LogP contribution in [0, 0.1) is 0 Å². The summed E-state index contributed by atoms with van der Waals surface area (Å²) in [4.78, 5) is 15.8. The van der Waals surface area contributed by atoms with Gasteiger partial charge in [0.15, 0.2) is 6.54 Å². The van der Waals surface area contributed by atoms with Gasteiger partial charge in [0.2, 0.25) is 5.82 Å². The molecule has 1 aromatic carbocycles. The molecule has 0 saturated carbocycles. The third-order valence-electron chi connectivity index (χ3n) is 4.16. The second kappa shape index (κ2) is 7.93. The van der Waals surface area contributed by atoms with Gasteiger partial charge >= 0.3 is 12.1 Å². The number of carboxylic acid groups (broad SMARTS) is 1. The molecule has 0 aliphatic rings. The van der Waals surface area contributed by atoms with Crippen LogP contribution in [0.25, 0.3) is 22.6 Å². The van der Waals surface area contributed by atoms with Crippen LogP contribution in [0.2, 0.25) is 0 Å². The highest BCUT2D eigenvalue weighted by molar-refractivity contribution is 5.67. The summed E-state index contributed by atoms with van der Waals surface area (Å²) in [7, 11) is 0. The maximum atomic E-state index is 12.9. The van der Waals surface area contributed by atoms with Crippen LogP contribution in [0.1, 0.15) is 11.1 Å². The van der Waals surface area contributed by atoms with Crippen LogP contribution >= 0.6 is 0 Å². The van der Waals surface area contributed by atoms with Gasteiger partial charge in [0.05, 0.1) is 18.3 Å². The quantitative estimate of drug-likeness (QED) is 0.493. The average Bonchev–Trinajstić information content (AvgIpc) is 3.37. The van der Waals surface area contributed by atoms with Crippen LogP contribution in [-0.4, -0.2) is 51.3 Å². The van der Waals surface area contributed by atoms with Gasteiger partial charge in [-0.25, -0.2) is 4.68 Å². The monoisotopic (exact) mass is 430 g/mol. The molecular weight excluding hydrogens is 417 g/mol. The number of rotatable bonds is 6. The van der Waals surface area contributed by atoms with Gasteiger partial charge < -0.3 is 5.11 Å². The molecule has 1 N–H and O–H groups in total. The van der Waals surface area contributed by atoms with Gasteiger partial charge in [-0.3, -0.25) is 9.78 Å². The van der Waals surface area contributed by atoms with Crippen LogP contribution in [0.15, 0.2) is 48.9 Å². The lowest BCUT2D eigenvalue weighted by Crippen LogP contribution is -2.11. The van der Waals surface area contributed by atoms with E-state index in [1.165, 1.54) is 23.1 Å². The highest BCUT2D eigenvalue weighted by Gasteiger charge is 2.30. The molecule has 0 aliphatic heterocycles. The molecule has 0 atom stereocenters. The van der Waals surface area contributed by atoms with Gasteiger partial charge in [0.1, 0.15) is 5.69 Å². The molecule has 0 bridgehead atoms. The summed E-state index contributed by atoms with van der Waals surface area (Å²) in [5, 5.41) is 28.3. The highest BCUT2D eigenvalue weighted by Crippen LogP contribution is 2.29. The Bertz CT molecular complexity index is 1230. The topological polar surface area (TPSA) is 124 Å². The second-order valence-electron chi connectivity index (χ2n) is 6.50. The molecule has 0 unspecified atom stereocenters. The summed E-state index contributed by atoms with van der Waals surface area (Å²) in [6, 6.07) is 6.66. The predicted octanol–water partition coefficient (Wildman–Crippen LogP) is 2.15. The van der Waals surface area contributed by atoms with Crippen molar-refractivity contribution in [3.05, 3.63) is 60.0 Å². The van der Waals surface area contributed by atoms with Crippen LogP contribution in [-0.2, 0) is 24.1 Å². The fourth-order valence-electron chi connectivity index (χ4n) is 2.79. The van der Waals surface area contributed by atoms with Crippen LogP contribution in [0.5, 0.6) is 0 Å². The molecule has 3 heterocycles. The number of pyridine rings is 1. The van der Waals surface area contributed by atoms with E-state index in [1.54, 1.807) is 18.3 Å². The Morgan fingerprint density at radius 1 is 1.06 bits per heavy atom. The molecule has 4 aromatic rings.